The molecule has 0 saturated heterocycles. The van der Waals surface area contributed by atoms with Gasteiger partial charge in [-0.3, -0.25) is 4.99 Å². The van der Waals surface area contributed by atoms with Crippen LogP contribution in [-0.4, -0.2) is 6.21 Å². The predicted molar refractivity (Wildman–Crippen MR) is 113 cm³/mol. The summed E-state index contributed by atoms with van der Waals surface area (Å²) in [6, 6.07) is 19.2. The zero-order valence-corrected chi connectivity index (χ0v) is 17.1. The van der Waals surface area contributed by atoms with Gasteiger partial charge in [0.25, 0.3) is 0 Å². The summed E-state index contributed by atoms with van der Waals surface area (Å²) in [7, 11) is 0. The quantitative estimate of drug-likeness (QED) is 0.372. The Morgan fingerprint density at radius 3 is 2.50 bits per heavy atom. The molecule has 0 fully saturated rings. The van der Waals surface area contributed by atoms with Crippen LogP contribution in [0.2, 0.25) is 10.0 Å². The van der Waals surface area contributed by atoms with Crippen molar-refractivity contribution in [1.82, 2.24) is 0 Å². The maximum atomic E-state index is 6.17. The fourth-order valence-electron chi connectivity index (χ4n) is 2.30. The third-order valence-corrected chi connectivity index (χ3v) is 4.94. The van der Waals surface area contributed by atoms with Gasteiger partial charge < -0.3 is 4.74 Å². The highest BCUT2D eigenvalue weighted by Crippen LogP contribution is 2.25. The van der Waals surface area contributed by atoms with Gasteiger partial charge in [0.05, 0.1) is 5.69 Å². The van der Waals surface area contributed by atoms with E-state index in [4.69, 9.17) is 27.9 Å². The number of aliphatic imine (C=N–C) groups is 1. The molecule has 132 valence electrons. The van der Waals surface area contributed by atoms with Crippen molar-refractivity contribution in [3.63, 3.8) is 0 Å². The molecule has 0 N–H and O–H groups in total. The summed E-state index contributed by atoms with van der Waals surface area (Å²) in [6.07, 6.45) is 1.78. The van der Waals surface area contributed by atoms with Crippen molar-refractivity contribution in [1.29, 1.82) is 0 Å². The zero-order chi connectivity index (χ0) is 18.5. The molecule has 0 aliphatic rings. The SMILES string of the molecule is Cc1ccc(N=Cc2cc(Br)ccc2OCc2ccc(Cl)cc2)cc1Cl. The first kappa shape index (κ1) is 19.0. The number of hydrogen-bond donors (Lipinski definition) is 0. The van der Waals surface area contributed by atoms with Gasteiger partial charge in [-0.1, -0.05) is 57.3 Å². The Hall–Kier alpha value is -1.81. The average molecular weight is 449 g/mol. The first-order chi connectivity index (χ1) is 12.5. The van der Waals surface area contributed by atoms with E-state index in [9.17, 15) is 0 Å². The van der Waals surface area contributed by atoms with Crippen LogP contribution < -0.4 is 4.74 Å². The molecular formula is C21H16BrCl2NO. The summed E-state index contributed by atoms with van der Waals surface area (Å²) < 4.78 is 6.93. The topological polar surface area (TPSA) is 21.6 Å². The van der Waals surface area contributed by atoms with Crippen LogP contribution in [-0.2, 0) is 6.61 Å². The first-order valence-corrected chi connectivity index (χ1v) is 9.53. The Balaban J connectivity index is 1.79. The molecule has 0 unspecified atom stereocenters. The molecule has 0 saturated carbocycles. The molecule has 0 aliphatic heterocycles. The van der Waals surface area contributed by atoms with Crippen molar-refractivity contribution >= 4 is 51.0 Å². The number of halogens is 3. The fourth-order valence-corrected chi connectivity index (χ4v) is 2.98. The van der Waals surface area contributed by atoms with Gasteiger partial charge in [0, 0.05) is 26.3 Å². The van der Waals surface area contributed by atoms with Crippen LogP contribution in [0.15, 0.2) is 70.1 Å². The van der Waals surface area contributed by atoms with Gasteiger partial charge in [-0.2, -0.15) is 0 Å². The van der Waals surface area contributed by atoms with Crippen LogP contribution in [0.4, 0.5) is 5.69 Å². The molecular weight excluding hydrogens is 433 g/mol. The third-order valence-electron chi connectivity index (χ3n) is 3.79. The van der Waals surface area contributed by atoms with E-state index in [0.29, 0.717) is 16.7 Å². The van der Waals surface area contributed by atoms with Crippen molar-refractivity contribution < 1.29 is 4.74 Å². The summed E-state index contributed by atoms with van der Waals surface area (Å²) in [4.78, 5) is 4.52. The van der Waals surface area contributed by atoms with Crippen LogP contribution >= 0.6 is 39.1 Å². The van der Waals surface area contributed by atoms with Gasteiger partial charge in [-0.05, 0) is 60.5 Å². The minimum atomic E-state index is 0.454. The molecule has 3 aromatic rings. The lowest BCUT2D eigenvalue weighted by atomic mass is 10.2. The maximum Gasteiger partial charge on any atom is 0.128 e. The Bertz CT molecular complexity index is 939. The maximum absolute atomic E-state index is 6.17. The van der Waals surface area contributed by atoms with E-state index in [1.807, 2.05) is 67.6 Å². The Morgan fingerprint density at radius 1 is 1.00 bits per heavy atom. The average Bonchev–Trinajstić information content (AvgIpc) is 2.63. The Kier molecular flexibility index (Phi) is 6.36. The number of nitrogens with zero attached hydrogens (tertiary/aromatic N) is 1. The standard InChI is InChI=1S/C21H16BrCl2NO/c1-14-2-8-19(11-20(14)24)25-12-16-10-17(22)5-9-21(16)26-13-15-3-6-18(23)7-4-15/h2-12H,13H2,1H3. The molecule has 0 amide bonds. The van der Waals surface area contributed by atoms with Crippen molar-refractivity contribution in [2.75, 3.05) is 0 Å². The summed E-state index contributed by atoms with van der Waals surface area (Å²) in [5.41, 5.74) is 3.75. The van der Waals surface area contributed by atoms with E-state index in [1.54, 1.807) is 6.21 Å². The number of aryl methyl sites for hydroxylation is 1. The van der Waals surface area contributed by atoms with Crippen LogP contribution in [0.5, 0.6) is 5.75 Å². The van der Waals surface area contributed by atoms with Crippen molar-refractivity contribution in [2.45, 2.75) is 13.5 Å². The van der Waals surface area contributed by atoms with Crippen LogP contribution in [0.3, 0.4) is 0 Å². The van der Waals surface area contributed by atoms with Gasteiger partial charge in [-0.15, -0.1) is 0 Å². The van der Waals surface area contributed by atoms with Crippen molar-refractivity contribution in [2.24, 2.45) is 4.99 Å². The second-order valence-electron chi connectivity index (χ2n) is 5.79. The molecule has 3 aromatic carbocycles. The van der Waals surface area contributed by atoms with E-state index in [-0.39, 0.29) is 0 Å². The highest BCUT2D eigenvalue weighted by molar-refractivity contribution is 9.10. The lowest BCUT2D eigenvalue weighted by molar-refractivity contribution is 0.306. The highest BCUT2D eigenvalue weighted by atomic mass is 79.9. The van der Waals surface area contributed by atoms with E-state index in [1.165, 1.54) is 0 Å². The molecule has 3 rings (SSSR count). The van der Waals surface area contributed by atoms with Crippen LogP contribution in [0, 0.1) is 6.92 Å². The van der Waals surface area contributed by atoms with Crippen molar-refractivity contribution in [3.8, 4) is 5.75 Å². The largest absolute Gasteiger partial charge is 0.488 e. The molecule has 5 heteroatoms. The first-order valence-electron chi connectivity index (χ1n) is 7.98. The molecule has 0 atom stereocenters. The van der Waals surface area contributed by atoms with E-state index >= 15 is 0 Å². The number of hydrogen-bond acceptors (Lipinski definition) is 2. The molecule has 26 heavy (non-hydrogen) atoms. The van der Waals surface area contributed by atoms with Gasteiger partial charge in [0.2, 0.25) is 0 Å². The number of ether oxygens (including phenoxy) is 1. The van der Waals surface area contributed by atoms with Crippen LogP contribution in [0.25, 0.3) is 0 Å². The number of benzene rings is 3. The lowest BCUT2D eigenvalue weighted by Gasteiger charge is -2.10. The summed E-state index contributed by atoms with van der Waals surface area (Å²) in [5, 5.41) is 1.41. The molecule has 0 bridgehead atoms. The normalized spacial score (nSPS) is 11.1. The second-order valence-corrected chi connectivity index (χ2v) is 7.55. The summed E-state index contributed by atoms with van der Waals surface area (Å²) in [5.74, 6) is 0.755. The molecule has 2 nitrogen and oxygen atoms in total. The summed E-state index contributed by atoms with van der Waals surface area (Å²) in [6.45, 7) is 2.42. The van der Waals surface area contributed by atoms with Gasteiger partial charge in [0.1, 0.15) is 12.4 Å². The smallest absolute Gasteiger partial charge is 0.128 e. The van der Waals surface area contributed by atoms with Gasteiger partial charge in [0.15, 0.2) is 0 Å². The molecule has 0 spiro atoms. The Labute approximate surface area is 171 Å². The molecule has 0 heterocycles. The lowest BCUT2D eigenvalue weighted by Crippen LogP contribution is -1.98. The summed E-state index contributed by atoms with van der Waals surface area (Å²) >= 11 is 15.6. The van der Waals surface area contributed by atoms with Gasteiger partial charge in [-0.25, -0.2) is 0 Å². The highest BCUT2D eigenvalue weighted by Gasteiger charge is 2.04. The van der Waals surface area contributed by atoms with E-state index in [2.05, 4.69) is 20.9 Å². The monoisotopic (exact) mass is 447 g/mol. The molecule has 0 radical (unpaired) electrons. The Morgan fingerprint density at radius 2 is 1.77 bits per heavy atom. The zero-order valence-electron chi connectivity index (χ0n) is 14.0. The van der Waals surface area contributed by atoms with Gasteiger partial charge >= 0.3 is 0 Å². The van der Waals surface area contributed by atoms with E-state index in [0.717, 1.165) is 32.6 Å². The van der Waals surface area contributed by atoms with E-state index < -0.39 is 0 Å². The predicted octanol–water partition coefficient (Wildman–Crippen LogP) is 7.39. The third kappa shape index (κ3) is 5.10. The minimum Gasteiger partial charge on any atom is -0.488 e. The molecule has 0 aliphatic carbocycles. The fraction of sp³-hybridized carbons (Fsp3) is 0.0952. The van der Waals surface area contributed by atoms with Crippen LogP contribution in [0.1, 0.15) is 16.7 Å². The number of rotatable bonds is 5. The minimum absolute atomic E-state index is 0.454. The second kappa shape index (κ2) is 8.72. The molecule has 0 aromatic heterocycles. The van der Waals surface area contributed by atoms with Crippen molar-refractivity contribution in [3.05, 3.63) is 91.9 Å².